The van der Waals surface area contributed by atoms with Crippen LogP contribution in [-0.4, -0.2) is 47.0 Å². The molecule has 1 atom stereocenters. The van der Waals surface area contributed by atoms with Crippen molar-refractivity contribution in [2.75, 3.05) is 26.2 Å². The van der Waals surface area contributed by atoms with Gasteiger partial charge in [0.05, 0.1) is 17.7 Å². The summed E-state index contributed by atoms with van der Waals surface area (Å²) in [6.07, 6.45) is 1.32. The van der Waals surface area contributed by atoms with Crippen molar-refractivity contribution in [1.82, 2.24) is 9.80 Å². The summed E-state index contributed by atoms with van der Waals surface area (Å²) in [5.41, 5.74) is 2.97. The Labute approximate surface area is 170 Å². The maximum absolute atomic E-state index is 13.0. The van der Waals surface area contributed by atoms with Gasteiger partial charge in [-0.2, -0.15) is 5.26 Å². The van der Waals surface area contributed by atoms with E-state index in [9.17, 15) is 14.3 Å². The maximum atomic E-state index is 13.0. The van der Waals surface area contributed by atoms with Crippen LogP contribution in [0.3, 0.4) is 0 Å². The second kappa shape index (κ2) is 8.32. The molecule has 0 bridgehead atoms. The minimum atomic E-state index is -0.629. The smallest absolute Gasteiger partial charge is 0.254 e. The van der Waals surface area contributed by atoms with E-state index < -0.39 is 6.10 Å². The number of carbonyl (C=O) groups excluding carboxylic acids is 1. The number of benzene rings is 2. The molecule has 2 aromatic carbocycles. The van der Waals surface area contributed by atoms with Gasteiger partial charge in [-0.05, 0) is 73.3 Å². The van der Waals surface area contributed by atoms with Crippen LogP contribution < -0.4 is 0 Å². The third kappa shape index (κ3) is 4.31. The Morgan fingerprint density at radius 3 is 2.59 bits per heavy atom. The summed E-state index contributed by atoms with van der Waals surface area (Å²) in [7, 11) is 0. The number of carbonyl (C=O) groups is 1. The fraction of sp³-hybridized carbons (Fsp3) is 0.391. The predicted molar refractivity (Wildman–Crippen MR) is 106 cm³/mol. The molecule has 0 aliphatic carbocycles. The largest absolute Gasteiger partial charge is 0.387 e. The zero-order chi connectivity index (χ0) is 20.4. The normalized spacial score (nSPS) is 18.5. The Kier molecular flexibility index (Phi) is 5.61. The number of fused-ring (bicyclic) bond motifs is 1. The molecule has 2 aromatic rings. The number of nitrogens with zero attached hydrogens (tertiary/aromatic N) is 3. The summed E-state index contributed by atoms with van der Waals surface area (Å²) in [4.78, 5) is 16.7. The van der Waals surface area contributed by atoms with E-state index in [0.29, 0.717) is 30.1 Å². The number of hydrogen-bond donors (Lipinski definition) is 1. The number of nitriles is 1. The van der Waals surface area contributed by atoms with E-state index >= 15 is 0 Å². The number of hydrogen-bond acceptors (Lipinski definition) is 4. The SMILES string of the molecule is N#Cc1ccc2c(c1)CN(CC1CCN(C[C@H](O)c3ccc(F)cc3)CC1)C2=O. The molecule has 1 saturated heterocycles. The molecule has 0 aromatic heterocycles. The van der Waals surface area contributed by atoms with Gasteiger partial charge in [-0.25, -0.2) is 4.39 Å². The number of aliphatic hydroxyl groups is 1. The zero-order valence-corrected chi connectivity index (χ0v) is 16.2. The first kappa shape index (κ1) is 19.6. The average molecular weight is 393 g/mol. The molecule has 6 heteroatoms. The molecule has 1 amide bonds. The van der Waals surface area contributed by atoms with Crippen molar-refractivity contribution in [3.05, 3.63) is 70.5 Å². The van der Waals surface area contributed by atoms with Gasteiger partial charge in [0.25, 0.3) is 5.91 Å². The maximum Gasteiger partial charge on any atom is 0.254 e. The highest BCUT2D eigenvalue weighted by atomic mass is 19.1. The first-order valence-corrected chi connectivity index (χ1v) is 10.0. The van der Waals surface area contributed by atoms with Crippen LogP contribution in [-0.2, 0) is 6.54 Å². The van der Waals surface area contributed by atoms with Crippen molar-refractivity contribution in [3.8, 4) is 6.07 Å². The standard InChI is InChI=1S/C23H24FN3O2/c24-20-4-2-18(3-5-20)22(28)15-26-9-7-16(8-10-26)13-27-14-19-11-17(12-25)1-6-21(19)23(27)29/h1-6,11,16,22,28H,7-10,13-15H2/t22-/m0/s1. The minimum absolute atomic E-state index is 0.0543. The molecule has 150 valence electrons. The van der Waals surface area contributed by atoms with Gasteiger partial charge < -0.3 is 14.9 Å². The van der Waals surface area contributed by atoms with Gasteiger partial charge in [-0.15, -0.1) is 0 Å². The summed E-state index contributed by atoms with van der Waals surface area (Å²) in [5.74, 6) is 0.186. The van der Waals surface area contributed by atoms with Crippen LogP contribution in [0.2, 0.25) is 0 Å². The Hall–Kier alpha value is -2.75. The van der Waals surface area contributed by atoms with Crippen molar-refractivity contribution in [2.45, 2.75) is 25.5 Å². The number of rotatable bonds is 5. The van der Waals surface area contributed by atoms with Crippen LogP contribution in [0, 0.1) is 23.1 Å². The molecule has 0 unspecified atom stereocenters. The first-order valence-electron chi connectivity index (χ1n) is 10.0. The molecule has 5 nitrogen and oxygen atoms in total. The van der Waals surface area contributed by atoms with Crippen LogP contribution in [0.25, 0.3) is 0 Å². The Balaban J connectivity index is 1.28. The van der Waals surface area contributed by atoms with Crippen LogP contribution in [0.1, 0.15) is 46.0 Å². The molecule has 2 aliphatic heterocycles. The monoisotopic (exact) mass is 393 g/mol. The molecular weight excluding hydrogens is 369 g/mol. The summed E-state index contributed by atoms with van der Waals surface area (Å²) in [6, 6.07) is 13.4. The molecule has 1 fully saturated rings. The first-order chi connectivity index (χ1) is 14.0. The molecule has 0 radical (unpaired) electrons. The predicted octanol–water partition coefficient (Wildman–Crippen LogP) is 3.10. The minimum Gasteiger partial charge on any atom is -0.387 e. The van der Waals surface area contributed by atoms with E-state index in [-0.39, 0.29) is 11.7 Å². The number of halogens is 1. The Bertz CT molecular complexity index is 930. The number of piperidine rings is 1. The molecule has 29 heavy (non-hydrogen) atoms. The van der Waals surface area contributed by atoms with Gasteiger partial charge in [0, 0.05) is 25.2 Å². The molecular formula is C23H24FN3O2. The number of likely N-dealkylation sites (tertiary alicyclic amines) is 1. The highest BCUT2D eigenvalue weighted by Gasteiger charge is 2.31. The molecule has 0 saturated carbocycles. The van der Waals surface area contributed by atoms with E-state index in [1.807, 2.05) is 11.0 Å². The Morgan fingerprint density at radius 2 is 1.90 bits per heavy atom. The van der Waals surface area contributed by atoms with Crippen LogP contribution in [0.4, 0.5) is 4.39 Å². The third-order valence-electron chi connectivity index (χ3n) is 5.98. The third-order valence-corrected chi connectivity index (χ3v) is 5.98. The summed E-state index contributed by atoms with van der Waals surface area (Å²) in [6.45, 7) is 3.58. The molecule has 4 rings (SSSR count). The van der Waals surface area contributed by atoms with E-state index in [1.165, 1.54) is 12.1 Å². The number of amides is 1. The van der Waals surface area contributed by atoms with Crippen LogP contribution in [0.15, 0.2) is 42.5 Å². The highest BCUT2D eigenvalue weighted by molar-refractivity contribution is 5.98. The lowest BCUT2D eigenvalue weighted by Gasteiger charge is -2.34. The van der Waals surface area contributed by atoms with Gasteiger partial charge in [-0.1, -0.05) is 12.1 Å². The number of aliphatic hydroxyl groups excluding tert-OH is 1. The average Bonchev–Trinajstić information content (AvgIpc) is 3.04. The fourth-order valence-electron chi connectivity index (χ4n) is 4.30. The molecule has 2 heterocycles. The lowest BCUT2D eigenvalue weighted by atomic mass is 9.95. The van der Waals surface area contributed by atoms with Crippen molar-refractivity contribution in [1.29, 1.82) is 5.26 Å². The molecule has 1 N–H and O–H groups in total. The molecule has 2 aliphatic rings. The summed E-state index contributed by atoms with van der Waals surface area (Å²) >= 11 is 0. The van der Waals surface area contributed by atoms with Gasteiger partial charge >= 0.3 is 0 Å². The van der Waals surface area contributed by atoms with Crippen molar-refractivity contribution in [3.63, 3.8) is 0 Å². The van der Waals surface area contributed by atoms with Gasteiger partial charge in [0.2, 0.25) is 0 Å². The molecule has 0 spiro atoms. The number of β-amino-alcohol motifs (C(OH)–C–C–N with tert-alkyl or cyclic N) is 1. The second-order valence-corrected chi connectivity index (χ2v) is 7.98. The zero-order valence-electron chi connectivity index (χ0n) is 16.2. The van der Waals surface area contributed by atoms with E-state index in [2.05, 4.69) is 11.0 Å². The van der Waals surface area contributed by atoms with Crippen molar-refractivity contribution < 1.29 is 14.3 Å². The fourth-order valence-corrected chi connectivity index (χ4v) is 4.30. The summed E-state index contributed by atoms with van der Waals surface area (Å²) in [5, 5.41) is 19.4. The van der Waals surface area contributed by atoms with Gasteiger partial charge in [-0.3, -0.25) is 4.79 Å². The van der Waals surface area contributed by atoms with Crippen LogP contribution >= 0.6 is 0 Å². The van der Waals surface area contributed by atoms with Crippen molar-refractivity contribution in [2.24, 2.45) is 5.92 Å². The highest BCUT2D eigenvalue weighted by Crippen LogP contribution is 2.28. The quantitative estimate of drug-likeness (QED) is 0.848. The summed E-state index contributed by atoms with van der Waals surface area (Å²) < 4.78 is 13.0. The van der Waals surface area contributed by atoms with Gasteiger partial charge in [0.15, 0.2) is 0 Å². The lowest BCUT2D eigenvalue weighted by Crippen LogP contribution is -2.40. The van der Waals surface area contributed by atoms with Gasteiger partial charge in [0.1, 0.15) is 5.82 Å². The van der Waals surface area contributed by atoms with E-state index in [4.69, 9.17) is 5.26 Å². The second-order valence-electron chi connectivity index (χ2n) is 7.98. The van der Waals surface area contributed by atoms with Crippen molar-refractivity contribution >= 4 is 5.91 Å². The van der Waals surface area contributed by atoms with E-state index in [0.717, 1.165) is 43.6 Å². The lowest BCUT2D eigenvalue weighted by molar-refractivity contribution is 0.0654. The van der Waals surface area contributed by atoms with Crippen LogP contribution in [0.5, 0.6) is 0 Å². The topological polar surface area (TPSA) is 67.6 Å². The Morgan fingerprint density at radius 1 is 1.17 bits per heavy atom. The van der Waals surface area contributed by atoms with E-state index in [1.54, 1.807) is 24.3 Å².